The molecule has 0 amide bonds. The van der Waals surface area contributed by atoms with Crippen molar-refractivity contribution in [3.8, 4) is 22.5 Å². The zero-order valence-electron chi connectivity index (χ0n) is 17.0. The van der Waals surface area contributed by atoms with Gasteiger partial charge in [-0.3, -0.25) is 9.38 Å². The van der Waals surface area contributed by atoms with E-state index in [-0.39, 0.29) is 27.7 Å². The topological polar surface area (TPSA) is 77.2 Å². The van der Waals surface area contributed by atoms with E-state index in [9.17, 15) is 21.6 Å². The van der Waals surface area contributed by atoms with E-state index in [1.165, 1.54) is 29.8 Å². The minimum atomic E-state index is -4.62. The largest absolute Gasteiger partial charge is 0.433 e. The van der Waals surface area contributed by atoms with Crippen LogP contribution in [0.4, 0.5) is 13.2 Å². The molecule has 6 nitrogen and oxygen atoms in total. The van der Waals surface area contributed by atoms with Crippen LogP contribution in [0, 0.1) is 0 Å². The van der Waals surface area contributed by atoms with E-state index in [4.69, 9.17) is 0 Å². The lowest BCUT2D eigenvalue weighted by Crippen LogP contribution is -2.08. The summed E-state index contributed by atoms with van der Waals surface area (Å²) < 4.78 is 66.0. The van der Waals surface area contributed by atoms with Crippen LogP contribution in [0.25, 0.3) is 28.2 Å². The molecule has 3 aromatic heterocycles. The van der Waals surface area contributed by atoms with E-state index in [0.29, 0.717) is 5.56 Å². The highest BCUT2D eigenvalue weighted by molar-refractivity contribution is 7.98. The number of halogens is 3. The van der Waals surface area contributed by atoms with Crippen molar-refractivity contribution >= 4 is 27.2 Å². The average molecular weight is 479 g/mol. The summed E-state index contributed by atoms with van der Waals surface area (Å²) in [6.07, 6.45) is 1.26. The lowest BCUT2D eigenvalue weighted by Gasteiger charge is -2.10. The monoisotopic (exact) mass is 478 g/mol. The highest BCUT2D eigenvalue weighted by Gasteiger charge is 2.33. The van der Waals surface area contributed by atoms with Crippen molar-refractivity contribution in [2.24, 2.45) is 0 Å². The van der Waals surface area contributed by atoms with Crippen LogP contribution in [0.2, 0.25) is 0 Å². The summed E-state index contributed by atoms with van der Waals surface area (Å²) >= 11 is 1.56. The maximum atomic E-state index is 13.0. The van der Waals surface area contributed by atoms with Gasteiger partial charge in [0.25, 0.3) is 0 Å². The number of imidazole rings is 1. The lowest BCUT2D eigenvalue weighted by molar-refractivity contribution is -0.141. The van der Waals surface area contributed by atoms with Gasteiger partial charge >= 0.3 is 6.18 Å². The van der Waals surface area contributed by atoms with Crippen LogP contribution in [0.3, 0.4) is 0 Å². The second-order valence-corrected chi connectivity index (χ2v) is 10.00. The van der Waals surface area contributed by atoms with Crippen molar-refractivity contribution in [1.29, 1.82) is 0 Å². The molecule has 4 aromatic rings. The Kier molecular flexibility index (Phi) is 5.72. The average Bonchev–Trinajstić information content (AvgIpc) is 3.21. The Hall–Kier alpha value is -2.92. The molecule has 166 valence electrons. The molecule has 0 aliphatic carbocycles. The molecular weight excluding hydrogens is 461 g/mol. The molecule has 0 N–H and O–H groups in total. The molecule has 0 spiro atoms. The quantitative estimate of drug-likeness (QED) is 0.376. The molecule has 0 bridgehead atoms. The van der Waals surface area contributed by atoms with Gasteiger partial charge in [-0.2, -0.15) is 13.2 Å². The summed E-state index contributed by atoms with van der Waals surface area (Å²) in [5.41, 5.74) is 0.539. The molecular formula is C21H17F3N4O2S2. The second kappa shape index (κ2) is 8.21. The first-order valence-electron chi connectivity index (χ1n) is 9.42. The molecule has 0 unspecified atom stereocenters. The predicted molar refractivity (Wildman–Crippen MR) is 116 cm³/mol. The Bertz CT molecular complexity index is 1420. The molecule has 0 saturated heterocycles. The molecule has 0 atom stereocenters. The van der Waals surface area contributed by atoms with Crippen molar-refractivity contribution in [2.75, 3.05) is 12.0 Å². The van der Waals surface area contributed by atoms with Crippen molar-refractivity contribution in [1.82, 2.24) is 19.4 Å². The van der Waals surface area contributed by atoms with Crippen LogP contribution in [0.5, 0.6) is 0 Å². The van der Waals surface area contributed by atoms with Crippen molar-refractivity contribution in [3.05, 3.63) is 60.8 Å². The molecule has 0 radical (unpaired) electrons. The fourth-order valence-corrected chi connectivity index (χ4v) is 4.68. The van der Waals surface area contributed by atoms with Crippen LogP contribution in [0.15, 0.2) is 64.9 Å². The third kappa shape index (κ3) is 4.22. The number of nitrogens with zero attached hydrogens (tertiary/aromatic N) is 4. The molecule has 0 aliphatic heterocycles. The SMILES string of the molecule is CCS(=O)(=O)c1cc(-c2cccc(SC)c2)cnc1-c1cn2cnc(C(F)(F)F)cc2n1. The lowest BCUT2D eigenvalue weighted by atomic mass is 10.1. The summed E-state index contributed by atoms with van der Waals surface area (Å²) in [4.78, 5) is 12.9. The first-order valence-corrected chi connectivity index (χ1v) is 12.3. The number of pyridine rings is 1. The summed E-state index contributed by atoms with van der Waals surface area (Å²) in [6.45, 7) is 1.52. The van der Waals surface area contributed by atoms with E-state index in [1.807, 2.05) is 30.5 Å². The van der Waals surface area contributed by atoms with Crippen molar-refractivity contribution in [2.45, 2.75) is 22.9 Å². The highest BCUT2D eigenvalue weighted by Crippen LogP contribution is 2.32. The molecule has 1 aromatic carbocycles. The fraction of sp³-hybridized carbons (Fsp3) is 0.190. The summed E-state index contributed by atoms with van der Waals surface area (Å²) in [6, 6.07) is 9.94. The van der Waals surface area contributed by atoms with Gasteiger partial charge in [0, 0.05) is 28.9 Å². The number of hydrogen-bond donors (Lipinski definition) is 0. The van der Waals surface area contributed by atoms with Crippen LogP contribution in [0.1, 0.15) is 12.6 Å². The van der Waals surface area contributed by atoms with Gasteiger partial charge < -0.3 is 0 Å². The standard InChI is InChI=1S/C21H17F3N4O2S2/c1-3-32(29,30)17-8-14(13-5-4-6-15(7-13)31-2)10-25-20(17)16-11-28-12-26-18(21(22,23)24)9-19(28)27-16/h4-12H,3H2,1-2H3. The molecule has 0 saturated carbocycles. The zero-order valence-corrected chi connectivity index (χ0v) is 18.6. The highest BCUT2D eigenvalue weighted by atomic mass is 32.2. The van der Waals surface area contributed by atoms with Crippen LogP contribution in [-0.4, -0.2) is 39.8 Å². The van der Waals surface area contributed by atoms with Gasteiger partial charge in [-0.1, -0.05) is 19.1 Å². The van der Waals surface area contributed by atoms with Crippen LogP contribution in [-0.2, 0) is 16.0 Å². The predicted octanol–water partition coefficient (Wildman–Crippen LogP) is 4.99. The van der Waals surface area contributed by atoms with E-state index >= 15 is 0 Å². The maximum absolute atomic E-state index is 13.0. The minimum absolute atomic E-state index is 0.0132. The normalized spacial score (nSPS) is 12.4. The molecule has 11 heteroatoms. The fourth-order valence-electron chi connectivity index (χ4n) is 3.15. The maximum Gasteiger partial charge on any atom is 0.433 e. The van der Waals surface area contributed by atoms with Crippen LogP contribution < -0.4 is 0 Å². The van der Waals surface area contributed by atoms with Crippen LogP contribution >= 0.6 is 11.8 Å². The zero-order chi connectivity index (χ0) is 23.1. The Balaban J connectivity index is 1.88. The third-order valence-electron chi connectivity index (χ3n) is 4.85. The number of alkyl halides is 3. The Morgan fingerprint density at radius 3 is 2.56 bits per heavy atom. The summed E-state index contributed by atoms with van der Waals surface area (Å²) in [5, 5.41) is 0. The van der Waals surface area contributed by atoms with E-state index in [0.717, 1.165) is 22.9 Å². The Labute approximate surface area is 186 Å². The van der Waals surface area contributed by atoms with E-state index in [2.05, 4.69) is 15.0 Å². The molecule has 32 heavy (non-hydrogen) atoms. The molecule has 4 rings (SSSR count). The Morgan fingerprint density at radius 2 is 1.88 bits per heavy atom. The van der Waals surface area contributed by atoms with Gasteiger partial charge in [-0.25, -0.2) is 18.4 Å². The summed E-state index contributed by atoms with van der Waals surface area (Å²) in [5.74, 6) is -0.164. The first-order chi connectivity index (χ1) is 15.1. The smallest absolute Gasteiger partial charge is 0.290 e. The number of benzene rings is 1. The van der Waals surface area contributed by atoms with Gasteiger partial charge in [0.05, 0.1) is 10.6 Å². The van der Waals surface area contributed by atoms with E-state index in [1.54, 1.807) is 11.8 Å². The van der Waals surface area contributed by atoms with Gasteiger partial charge in [-0.05, 0) is 30.0 Å². The van der Waals surface area contributed by atoms with Crippen molar-refractivity contribution in [3.63, 3.8) is 0 Å². The Morgan fingerprint density at radius 1 is 1.09 bits per heavy atom. The molecule has 3 heterocycles. The number of thioether (sulfide) groups is 1. The second-order valence-electron chi connectivity index (χ2n) is 6.87. The molecule has 0 aliphatic rings. The molecule has 0 fully saturated rings. The number of fused-ring (bicyclic) bond motifs is 1. The summed E-state index contributed by atoms with van der Waals surface area (Å²) in [7, 11) is -3.70. The third-order valence-corrected chi connectivity index (χ3v) is 7.32. The van der Waals surface area contributed by atoms with Gasteiger partial charge in [0.1, 0.15) is 29.1 Å². The number of aromatic nitrogens is 4. The van der Waals surface area contributed by atoms with E-state index < -0.39 is 21.7 Å². The number of hydrogen-bond acceptors (Lipinski definition) is 6. The number of rotatable bonds is 5. The van der Waals surface area contributed by atoms with Gasteiger partial charge in [0.2, 0.25) is 0 Å². The van der Waals surface area contributed by atoms with Gasteiger partial charge in [-0.15, -0.1) is 11.8 Å². The minimum Gasteiger partial charge on any atom is -0.290 e. The first kappa shape index (κ1) is 22.3. The van der Waals surface area contributed by atoms with Gasteiger partial charge in [0.15, 0.2) is 9.84 Å². The van der Waals surface area contributed by atoms with Crippen molar-refractivity contribution < 1.29 is 21.6 Å². The number of sulfone groups is 1.